The molecule has 114 valence electrons. The minimum atomic E-state index is -3.06. The molecule has 0 N–H and O–H groups in total. The molecule has 1 aliphatic rings. The minimum Gasteiger partial charge on any atom is -0.295 e. The summed E-state index contributed by atoms with van der Waals surface area (Å²) >= 11 is 3.60. The van der Waals surface area contributed by atoms with Gasteiger partial charge in [0, 0.05) is 39.3 Å². The summed E-state index contributed by atoms with van der Waals surface area (Å²) in [5.74, 6) is 0. The number of hydrogen-bond acceptors (Lipinski definition) is 4. The number of piperazine rings is 1. The van der Waals surface area contributed by atoms with Crippen molar-refractivity contribution < 1.29 is 8.42 Å². The first-order valence-corrected chi connectivity index (χ1v) is 9.36. The molecule has 1 aliphatic heterocycles. The first-order valence-electron chi connectivity index (χ1n) is 6.72. The van der Waals surface area contributed by atoms with Gasteiger partial charge in [-0.05, 0) is 29.8 Å². The molecule has 8 heteroatoms. The van der Waals surface area contributed by atoms with Crippen LogP contribution in [-0.4, -0.2) is 59.8 Å². The standard InChI is InChI=1S/C12H21BrN4O2S/c1-4-17-11(12(13)10(2)14-17)9-15-5-7-16(8-6-15)20(3,18)19/h4-9H2,1-3H3. The Balaban J connectivity index is 2.03. The Bertz CT molecular complexity index is 577. The molecule has 1 saturated heterocycles. The van der Waals surface area contributed by atoms with Crippen LogP contribution in [0.5, 0.6) is 0 Å². The molecule has 0 aromatic carbocycles. The van der Waals surface area contributed by atoms with Crippen LogP contribution >= 0.6 is 15.9 Å². The van der Waals surface area contributed by atoms with E-state index in [0.29, 0.717) is 13.1 Å². The SMILES string of the molecule is CCn1nc(C)c(Br)c1CN1CCN(S(C)(=O)=O)CC1. The lowest BCUT2D eigenvalue weighted by Gasteiger charge is -2.33. The van der Waals surface area contributed by atoms with Gasteiger partial charge in [0.1, 0.15) is 0 Å². The van der Waals surface area contributed by atoms with Gasteiger partial charge in [-0.1, -0.05) is 0 Å². The van der Waals surface area contributed by atoms with Crippen LogP contribution in [0, 0.1) is 6.92 Å². The zero-order chi connectivity index (χ0) is 14.9. The van der Waals surface area contributed by atoms with Crippen LogP contribution in [0.4, 0.5) is 0 Å². The van der Waals surface area contributed by atoms with Gasteiger partial charge < -0.3 is 0 Å². The summed E-state index contributed by atoms with van der Waals surface area (Å²) in [5.41, 5.74) is 2.16. The van der Waals surface area contributed by atoms with E-state index in [1.54, 1.807) is 4.31 Å². The molecule has 0 bridgehead atoms. The van der Waals surface area contributed by atoms with Crippen molar-refractivity contribution in [2.24, 2.45) is 0 Å². The highest BCUT2D eigenvalue weighted by Crippen LogP contribution is 2.23. The molecular formula is C12H21BrN4O2S. The Morgan fingerprint density at radius 1 is 1.25 bits per heavy atom. The Hall–Kier alpha value is -0.440. The van der Waals surface area contributed by atoms with Gasteiger partial charge >= 0.3 is 0 Å². The van der Waals surface area contributed by atoms with Gasteiger partial charge in [0.15, 0.2) is 0 Å². The Labute approximate surface area is 128 Å². The van der Waals surface area contributed by atoms with E-state index in [4.69, 9.17) is 0 Å². The molecular weight excluding hydrogens is 344 g/mol. The molecule has 1 fully saturated rings. The van der Waals surface area contributed by atoms with Crippen LogP contribution in [0.15, 0.2) is 4.47 Å². The molecule has 6 nitrogen and oxygen atoms in total. The van der Waals surface area contributed by atoms with Crippen LogP contribution in [-0.2, 0) is 23.1 Å². The van der Waals surface area contributed by atoms with Gasteiger partial charge in [-0.2, -0.15) is 9.40 Å². The van der Waals surface area contributed by atoms with Crippen LogP contribution < -0.4 is 0 Å². The fourth-order valence-electron chi connectivity index (χ4n) is 2.45. The van der Waals surface area contributed by atoms with Crippen LogP contribution in [0.1, 0.15) is 18.3 Å². The monoisotopic (exact) mass is 364 g/mol. The highest BCUT2D eigenvalue weighted by atomic mass is 79.9. The second-order valence-electron chi connectivity index (χ2n) is 5.10. The van der Waals surface area contributed by atoms with Gasteiger partial charge in [0.2, 0.25) is 10.0 Å². The number of aryl methyl sites for hydroxylation is 2. The summed E-state index contributed by atoms with van der Waals surface area (Å²) in [6, 6.07) is 0. The van der Waals surface area contributed by atoms with E-state index in [1.165, 1.54) is 6.26 Å². The van der Waals surface area contributed by atoms with Crippen LogP contribution in [0.2, 0.25) is 0 Å². The highest BCUT2D eigenvalue weighted by Gasteiger charge is 2.24. The maximum Gasteiger partial charge on any atom is 0.211 e. The molecule has 0 saturated carbocycles. The predicted octanol–water partition coefficient (Wildman–Crippen LogP) is 1.05. The van der Waals surface area contributed by atoms with Crippen LogP contribution in [0.3, 0.4) is 0 Å². The number of halogens is 1. The average Bonchev–Trinajstić information content (AvgIpc) is 2.66. The lowest BCUT2D eigenvalue weighted by molar-refractivity contribution is 0.178. The number of sulfonamides is 1. The van der Waals surface area contributed by atoms with Crippen molar-refractivity contribution >= 4 is 26.0 Å². The quantitative estimate of drug-likeness (QED) is 0.801. The van der Waals surface area contributed by atoms with Crippen molar-refractivity contribution in [2.45, 2.75) is 26.9 Å². The number of rotatable bonds is 4. The van der Waals surface area contributed by atoms with Crippen molar-refractivity contribution in [3.63, 3.8) is 0 Å². The summed E-state index contributed by atoms with van der Waals surface area (Å²) in [5, 5.41) is 4.49. The normalized spacial score (nSPS) is 18.6. The number of hydrogen-bond donors (Lipinski definition) is 0. The number of aromatic nitrogens is 2. The fourth-order valence-corrected chi connectivity index (χ4v) is 3.69. The molecule has 1 aromatic heterocycles. The summed E-state index contributed by atoms with van der Waals surface area (Å²) in [7, 11) is -3.06. The molecule has 0 unspecified atom stereocenters. The maximum atomic E-state index is 11.5. The third-order valence-electron chi connectivity index (χ3n) is 3.63. The van der Waals surface area contributed by atoms with E-state index < -0.39 is 10.0 Å². The van der Waals surface area contributed by atoms with Gasteiger partial charge in [0.25, 0.3) is 0 Å². The molecule has 0 aliphatic carbocycles. The highest BCUT2D eigenvalue weighted by molar-refractivity contribution is 9.10. The van der Waals surface area contributed by atoms with E-state index in [2.05, 4.69) is 32.9 Å². The van der Waals surface area contributed by atoms with Crippen LogP contribution in [0.25, 0.3) is 0 Å². The van der Waals surface area contributed by atoms with Crippen molar-refractivity contribution in [1.82, 2.24) is 19.0 Å². The van der Waals surface area contributed by atoms with Gasteiger partial charge in [-0.15, -0.1) is 0 Å². The fraction of sp³-hybridized carbons (Fsp3) is 0.750. The predicted molar refractivity (Wildman–Crippen MR) is 82.0 cm³/mol. The van der Waals surface area contributed by atoms with E-state index in [9.17, 15) is 8.42 Å². The van der Waals surface area contributed by atoms with Crippen molar-refractivity contribution in [3.8, 4) is 0 Å². The van der Waals surface area contributed by atoms with Gasteiger partial charge in [-0.25, -0.2) is 8.42 Å². The summed E-state index contributed by atoms with van der Waals surface area (Å²) in [6.45, 7) is 8.34. The summed E-state index contributed by atoms with van der Waals surface area (Å²) in [4.78, 5) is 2.27. The molecule has 20 heavy (non-hydrogen) atoms. The number of nitrogens with zero attached hydrogens (tertiary/aromatic N) is 4. The minimum absolute atomic E-state index is 0.565. The molecule has 1 aromatic rings. The van der Waals surface area contributed by atoms with E-state index in [-0.39, 0.29) is 0 Å². The topological polar surface area (TPSA) is 58.4 Å². The lowest BCUT2D eigenvalue weighted by Crippen LogP contribution is -2.48. The lowest BCUT2D eigenvalue weighted by atomic mass is 10.3. The molecule has 0 radical (unpaired) electrons. The Morgan fingerprint density at radius 3 is 2.35 bits per heavy atom. The van der Waals surface area contributed by atoms with Gasteiger partial charge in [-0.3, -0.25) is 9.58 Å². The summed E-state index contributed by atoms with van der Waals surface area (Å²) < 4.78 is 27.6. The maximum absolute atomic E-state index is 11.5. The van der Waals surface area contributed by atoms with Crippen molar-refractivity contribution in [2.75, 3.05) is 32.4 Å². The molecule has 0 atom stereocenters. The first kappa shape index (κ1) is 15.9. The molecule has 0 amide bonds. The molecule has 2 heterocycles. The molecule has 2 rings (SSSR count). The average molecular weight is 365 g/mol. The second-order valence-corrected chi connectivity index (χ2v) is 7.88. The molecule has 0 spiro atoms. The summed E-state index contributed by atoms with van der Waals surface area (Å²) in [6.07, 6.45) is 1.27. The van der Waals surface area contributed by atoms with Crippen molar-refractivity contribution in [1.29, 1.82) is 0 Å². The first-order chi connectivity index (χ1) is 9.32. The van der Waals surface area contributed by atoms with E-state index in [1.807, 2.05) is 11.6 Å². The van der Waals surface area contributed by atoms with E-state index in [0.717, 1.165) is 42.0 Å². The zero-order valence-electron chi connectivity index (χ0n) is 12.1. The van der Waals surface area contributed by atoms with Gasteiger partial charge in [0.05, 0.1) is 22.1 Å². The Morgan fingerprint density at radius 2 is 1.85 bits per heavy atom. The smallest absolute Gasteiger partial charge is 0.211 e. The second kappa shape index (κ2) is 6.13. The zero-order valence-corrected chi connectivity index (χ0v) is 14.5. The third kappa shape index (κ3) is 3.41. The Kier molecular flexibility index (Phi) is 4.88. The van der Waals surface area contributed by atoms with E-state index >= 15 is 0 Å². The third-order valence-corrected chi connectivity index (χ3v) is 5.96. The largest absolute Gasteiger partial charge is 0.295 e. The van der Waals surface area contributed by atoms with Crippen molar-refractivity contribution in [3.05, 3.63) is 15.9 Å².